The van der Waals surface area contributed by atoms with Crippen LogP contribution in [0.15, 0.2) is 29.8 Å². The van der Waals surface area contributed by atoms with Gasteiger partial charge in [0, 0.05) is 0 Å². The van der Waals surface area contributed by atoms with Gasteiger partial charge in [0.2, 0.25) is 0 Å². The van der Waals surface area contributed by atoms with E-state index in [1.807, 2.05) is 6.92 Å². The summed E-state index contributed by atoms with van der Waals surface area (Å²) >= 11 is 0. The van der Waals surface area contributed by atoms with E-state index in [9.17, 15) is 4.79 Å². The second-order valence-electron chi connectivity index (χ2n) is 5.37. The van der Waals surface area contributed by atoms with E-state index >= 15 is 0 Å². The summed E-state index contributed by atoms with van der Waals surface area (Å²) in [6, 6.07) is 8.46. The molecule has 3 nitrogen and oxygen atoms in total. The summed E-state index contributed by atoms with van der Waals surface area (Å²) in [5, 5.41) is 0. The molecule has 1 atom stereocenters. The lowest BCUT2D eigenvalue weighted by atomic mass is 9.85. The van der Waals surface area contributed by atoms with Crippen molar-refractivity contribution in [2.24, 2.45) is 0 Å². The molecule has 3 heteroatoms. The van der Waals surface area contributed by atoms with Crippen molar-refractivity contribution in [1.82, 2.24) is 0 Å². The first-order chi connectivity index (χ1) is 9.14. The molecule has 0 bridgehead atoms. The largest absolute Gasteiger partial charge is 0.469 e. The Balaban J connectivity index is 1.99. The van der Waals surface area contributed by atoms with Gasteiger partial charge in [-0.25, -0.2) is 0 Å². The van der Waals surface area contributed by atoms with Crippen LogP contribution in [0.5, 0.6) is 0 Å². The molecule has 0 spiro atoms. The molecule has 100 valence electrons. The second kappa shape index (κ2) is 4.49. The number of hydrogen-bond acceptors (Lipinski definition) is 3. The Hall–Kier alpha value is -1.61. The van der Waals surface area contributed by atoms with E-state index in [2.05, 4.69) is 24.3 Å². The fourth-order valence-electron chi connectivity index (χ4n) is 3.19. The number of hydrogen-bond donors (Lipinski definition) is 0. The van der Waals surface area contributed by atoms with Crippen LogP contribution in [-0.4, -0.2) is 25.3 Å². The summed E-state index contributed by atoms with van der Waals surface area (Å²) in [5.74, 6) is -0.216. The molecule has 1 aromatic rings. The number of methoxy groups -OCH3 is 1. The van der Waals surface area contributed by atoms with Crippen molar-refractivity contribution in [3.8, 4) is 0 Å². The molecule has 19 heavy (non-hydrogen) atoms. The summed E-state index contributed by atoms with van der Waals surface area (Å²) < 4.78 is 10.7. The van der Waals surface area contributed by atoms with Crippen LogP contribution in [0.25, 0.3) is 5.57 Å². The first-order valence-electron chi connectivity index (χ1n) is 6.65. The van der Waals surface area contributed by atoms with E-state index in [1.165, 1.54) is 29.4 Å². The third-order valence-corrected chi connectivity index (χ3v) is 4.19. The molecule has 1 aliphatic carbocycles. The van der Waals surface area contributed by atoms with Crippen molar-refractivity contribution in [2.45, 2.75) is 31.8 Å². The van der Waals surface area contributed by atoms with Gasteiger partial charge in [0.25, 0.3) is 0 Å². The maximum Gasteiger partial charge on any atom is 0.308 e. The highest BCUT2D eigenvalue weighted by molar-refractivity contribution is 5.80. The average Bonchev–Trinajstić information content (AvgIpc) is 2.79. The van der Waals surface area contributed by atoms with Crippen LogP contribution in [-0.2, 0) is 20.7 Å². The highest BCUT2D eigenvalue weighted by Crippen LogP contribution is 2.45. The molecule has 1 aliphatic heterocycles. The van der Waals surface area contributed by atoms with Crippen molar-refractivity contribution in [1.29, 1.82) is 0 Å². The fraction of sp³-hybridized carbons (Fsp3) is 0.438. The maximum atomic E-state index is 11.6. The molecular formula is C16H18O3. The third-order valence-electron chi connectivity index (χ3n) is 4.19. The Morgan fingerprint density at radius 2 is 2.21 bits per heavy atom. The zero-order valence-corrected chi connectivity index (χ0v) is 11.4. The average molecular weight is 258 g/mol. The van der Waals surface area contributed by atoms with Crippen LogP contribution in [0.3, 0.4) is 0 Å². The summed E-state index contributed by atoms with van der Waals surface area (Å²) in [6.45, 7) is 2.67. The smallest absolute Gasteiger partial charge is 0.308 e. The zero-order chi connectivity index (χ0) is 13.5. The number of ether oxygens (including phenoxy) is 2. The van der Waals surface area contributed by atoms with E-state index in [4.69, 9.17) is 9.47 Å². The highest BCUT2D eigenvalue weighted by Gasteiger charge is 2.41. The topological polar surface area (TPSA) is 35.5 Å². The van der Waals surface area contributed by atoms with Crippen LogP contribution in [0.2, 0.25) is 0 Å². The second-order valence-corrected chi connectivity index (χ2v) is 5.37. The Morgan fingerprint density at radius 3 is 3.00 bits per heavy atom. The molecule has 0 saturated carbocycles. The number of esters is 1. The third kappa shape index (κ3) is 1.98. The van der Waals surface area contributed by atoms with Gasteiger partial charge in [0.05, 0.1) is 25.7 Å². The van der Waals surface area contributed by atoms with Gasteiger partial charge in [-0.1, -0.05) is 24.3 Å². The summed E-state index contributed by atoms with van der Waals surface area (Å²) in [5.41, 5.74) is 4.78. The predicted molar refractivity (Wildman–Crippen MR) is 72.7 cm³/mol. The normalized spacial score (nSPS) is 24.9. The Kier molecular flexibility index (Phi) is 2.94. The summed E-state index contributed by atoms with van der Waals surface area (Å²) in [7, 11) is 1.42. The van der Waals surface area contributed by atoms with Gasteiger partial charge in [-0.2, -0.15) is 0 Å². The van der Waals surface area contributed by atoms with Crippen molar-refractivity contribution in [3.63, 3.8) is 0 Å². The summed E-state index contributed by atoms with van der Waals surface area (Å²) in [6.07, 6.45) is 2.11. The van der Waals surface area contributed by atoms with Crippen molar-refractivity contribution in [3.05, 3.63) is 41.0 Å². The van der Waals surface area contributed by atoms with E-state index in [0.717, 1.165) is 12.8 Å². The SMILES string of the molecule is COC(=O)CC1(C)OCCC2=C1Cc1ccccc12. The Bertz CT molecular complexity index is 559. The summed E-state index contributed by atoms with van der Waals surface area (Å²) in [4.78, 5) is 11.6. The lowest BCUT2D eigenvalue weighted by molar-refractivity contribution is -0.146. The standard InChI is InChI=1S/C16H18O3/c1-16(10-15(17)18-2)14-9-11-5-3-4-6-12(11)13(14)7-8-19-16/h3-6H,7-10H2,1-2H3. The molecule has 1 aromatic carbocycles. The number of carbonyl (C=O) groups excluding carboxylic acids is 1. The molecule has 0 N–H and O–H groups in total. The maximum absolute atomic E-state index is 11.6. The van der Waals surface area contributed by atoms with Crippen LogP contribution in [0.1, 0.15) is 30.9 Å². The molecular weight excluding hydrogens is 240 g/mol. The van der Waals surface area contributed by atoms with Crippen LogP contribution in [0, 0.1) is 0 Å². The van der Waals surface area contributed by atoms with Crippen molar-refractivity contribution < 1.29 is 14.3 Å². The molecule has 0 fully saturated rings. The zero-order valence-electron chi connectivity index (χ0n) is 11.4. The molecule has 2 aliphatic rings. The lowest BCUT2D eigenvalue weighted by Gasteiger charge is -2.35. The van der Waals surface area contributed by atoms with E-state index in [-0.39, 0.29) is 12.4 Å². The molecule has 0 radical (unpaired) electrons. The number of rotatable bonds is 2. The minimum atomic E-state index is -0.514. The molecule has 0 aromatic heterocycles. The highest BCUT2D eigenvalue weighted by atomic mass is 16.5. The monoisotopic (exact) mass is 258 g/mol. The minimum Gasteiger partial charge on any atom is -0.469 e. The van der Waals surface area contributed by atoms with Gasteiger partial charge in [0.1, 0.15) is 0 Å². The van der Waals surface area contributed by atoms with E-state index in [0.29, 0.717) is 6.61 Å². The first-order valence-corrected chi connectivity index (χ1v) is 6.65. The number of carbonyl (C=O) groups is 1. The van der Waals surface area contributed by atoms with Gasteiger partial charge < -0.3 is 9.47 Å². The Labute approximate surface area is 113 Å². The quantitative estimate of drug-likeness (QED) is 0.765. The molecule has 0 saturated heterocycles. The van der Waals surface area contributed by atoms with Crippen LogP contribution < -0.4 is 0 Å². The van der Waals surface area contributed by atoms with Crippen molar-refractivity contribution in [2.75, 3.05) is 13.7 Å². The van der Waals surface area contributed by atoms with E-state index in [1.54, 1.807) is 0 Å². The molecule has 3 rings (SSSR count). The van der Waals surface area contributed by atoms with Gasteiger partial charge in [-0.3, -0.25) is 4.79 Å². The Morgan fingerprint density at radius 1 is 1.42 bits per heavy atom. The van der Waals surface area contributed by atoms with Gasteiger partial charge in [-0.05, 0) is 42.0 Å². The number of fused-ring (bicyclic) bond motifs is 2. The minimum absolute atomic E-state index is 0.216. The van der Waals surface area contributed by atoms with Crippen LogP contribution in [0.4, 0.5) is 0 Å². The predicted octanol–water partition coefficient (Wildman–Crippen LogP) is 2.74. The first kappa shape index (κ1) is 12.4. The molecule has 1 heterocycles. The van der Waals surface area contributed by atoms with Gasteiger partial charge in [-0.15, -0.1) is 0 Å². The van der Waals surface area contributed by atoms with Crippen LogP contribution >= 0.6 is 0 Å². The molecule has 0 amide bonds. The van der Waals surface area contributed by atoms with E-state index < -0.39 is 5.60 Å². The van der Waals surface area contributed by atoms with Crippen molar-refractivity contribution >= 4 is 11.5 Å². The van der Waals surface area contributed by atoms with Gasteiger partial charge >= 0.3 is 5.97 Å². The lowest BCUT2D eigenvalue weighted by Crippen LogP contribution is -2.38. The molecule has 1 unspecified atom stereocenters. The van der Waals surface area contributed by atoms with Gasteiger partial charge in [0.15, 0.2) is 0 Å². The fourth-order valence-corrected chi connectivity index (χ4v) is 3.19. The number of benzene rings is 1.